The molecular weight excluding hydrogens is 495 g/mol. The maximum absolute atomic E-state index is 14.9. The third kappa shape index (κ3) is 4.98. The molecule has 0 fully saturated rings. The fraction of sp³-hybridized carbons (Fsp3) is 0.130. The van der Waals surface area contributed by atoms with Gasteiger partial charge in [-0.05, 0) is 67.8 Å². The summed E-state index contributed by atoms with van der Waals surface area (Å²) in [6.45, 7) is 4.33. The molecule has 0 saturated carbocycles. The number of anilines is 2. The third-order valence-corrected chi connectivity index (χ3v) is 7.86. The van der Waals surface area contributed by atoms with Gasteiger partial charge >= 0.3 is 6.03 Å². The van der Waals surface area contributed by atoms with E-state index in [0.717, 1.165) is 32.5 Å². The first-order valence-corrected chi connectivity index (χ1v) is 12.7. The monoisotopic (exact) mass is 516 g/mol. The number of aryl methyl sites for hydroxylation is 1. The molecule has 12 heteroatoms. The lowest BCUT2D eigenvalue weighted by molar-refractivity contribution is 0.256. The molecule has 2 heterocycles. The van der Waals surface area contributed by atoms with Crippen molar-refractivity contribution in [3.05, 3.63) is 75.6 Å². The van der Waals surface area contributed by atoms with Gasteiger partial charge in [-0.2, -0.15) is 0 Å². The number of fused-ring (bicyclic) bond motifs is 1. The summed E-state index contributed by atoms with van der Waals surface area (Å²) in [5.74, 6) is -1.36. The van der Waals surface area contributed by atoms with Crippen LogP contribution in [0.2, 0.25) is 0 Å². The first-order chi connectivity index (χ1) is 16.6. The van der Waals surface area contributed by atoms with Crippen LogP contribution in [0.15, 0.2) is 63.6 Å². The maximum Gasteiger partial charge on any atom is 0.333 e. The van der Waals surface area contributed by atoms with E-state index in [0.29, 0.717) is 17.3 Å². The minimum absolute atomic E-state index is 0.0320. The Bertz CT molecular complexity index is 1610. The van der Waals surface area contributed by atoms with Crippen molar-refractivity contribution in [2.45, 2.75) is 18.1 Å². The van der Waals surface area contributed by atoms with Crippen LogP contribution in [-0.4, -0.2) is 30.7 Å². The predicted molar refractivity (Wildman–Crippen MR) is 134 cm³/mol. The lowest BCUT2D eigenvalue weighted by Gasteiger charge is -2.14. The lowest BCUT2D eigenvalue weighted by Crippen LogP contribution is -2.34. The van der Waals surface area contributed by atoms with Gasteiger partial charge in [-0.3, -0.25) is 4.79 Å². The smallest absolute Gasteiger partial charge is 0.333 e. The average molecular weight is 517 g/mol. The second-order valence-electron chi connectivity index (χ2n) is 7.56. The van der Waals surface area contributed by atoms with Gasteiger partial charge in [0.15, 0.2) is 0 Å². The number of carbonyl (C=O) groups is 1. The third-order valence-electron chi connectivity index (χ3n) is 5.04. The molecule has 2 aromatic heterocycles. The second kappa shape index (κ2) is 9.39. The molecule has 0 spiro atoms. The summed E-state index contributed by atoms with van der Waals surface area (Å²) in [6, 6.07) is 11.6. The summed E-state index contributed by atoms with van der Waals surface area (Å²) in [5.41, 5.74) is -0.172. The van der Waals surface area contributed by atoms with Gasteiger partial charge in [-0.1, -0.05) is 0 Å². The molecule has 182 valence electrons. The Labute approximate surface area is 203 Å². The number of urea groups is 1. The minimum atomic E-state index is -4.08. The molecule has 0 aliphatic heterocycles. The first-order valence-electron chi connectivity index (χ1n) is 10.4. The number of hydrogen-bond donors (Lipinski definition) is 4. The summed E-state index contributed by atoms with van der Waals surface area (Å²) in [6.07, 6.45) is 0. The quantitative estimate of drug-likeness (QED) is 0.305. The Morgan fingerprint density at radius 3 is 2.49 bits per heavy atom. The Morgan fingerprint density at radius 1 is 1.09 bits per heavy atom. The summed E-state index contributed by atoms with van der Waals surface area (Å²) in [5, 5.41) is 16.9. The molecule has 2 amide bonds. The number of benzene rings is 2. The van der Waals surface area contributed by atoms with Gasteiger partial charge < -0.3 is 15.7 Å². The van der Waals surface area contributed by atoms with Gasteiger partial charge in [-0.25, -0.2) is 26.9 Å². The number of thiophene rings is 1. The van der Waals surface area contributed by atoms with E-state index >= 15 is 0 Å². The molecule has 2 aromatic carbocycles. The number of carbonyl (C=O) groups excluding carboxylic acids is 1. The molecule has 0 saturated heterocycles. The molecule has 0 aliphatic rings. The molecule has 0 radical (unpaired) electrons. The lowest BCUT2D eigenvalue weighted by atomic mass is 10.1. The van der Waals surface area contributed by atoms with Crippen LogP contribution >= 0.6 is 11.3 Å². The highest BCUT2D eigenvalue weighted by atomic mass is 32.2. The number of aromatic nitrogens is 1. The van der Waals surface area contributed by atoms with Crippen LogP contribution in [0.4, 0.5) is 20.6 Å². The summed E-state index contributed by atoms with van der Waals surface area (Å²) < 4.78 is 42.2. The number of nitrogens with zero attached hydrogens (tertiary/aromatic N) is 1. The SMILES string of the molecule is CCNc1ccc2c(O)n(-c3ccc(NC(=O)NS(=O)(=O)c4ccc(C)s4)cc3F)c(=O)cc2c1. The number of pyridine rings is 1. The molecule has 0 atom stereocenters. The molecule has 0 unspecified atom stereocenters. The topological polar surface area (TPSA) is 130 Å². The number of aromatic hydroxyl groups is 1. The highest BCUT2D eigenvalue weighted by Gasteiger charge is 2.20. The van der Waals surface area contributed by atoms with Gasteiger partial charge in [-0.15, -0.1) is 11.3 Å². The first kappa shape index (κ1) is 24.2. The number of amides is 2. The van der Waals surface area contributed by atoms with Crippen molar-refractivity contribution in [1.82, 2.24) is 9.29 Å². The Kier molecular flexibility index (Phi) is 6.50. The fourth-order valence-corrected chi connectivity index (χ4v) is 5.70. The van der Waals surface area contributed by atoms with Crippen molar-refractivity contribution in [2.24, 2.45) is 0 Å². The van der Waals surface area contributed by atoms with Crippen molar-refractivity contribution < 1.29 is 22.7 Å². The molecular formula is C23H21FN4O5S2. The van der Waals surface area contributed by atoms with Gasteiger partial charge in [0, 0.05) is 34.2 Å². The second-order valence-corrected chi connectivity index (χ2v) is 10.8. The molecule has 9 nitrogen and oxygen atoms in total. The predicted octanol–water partition coefficient (Wildman–Crippen LogP) is 4.15. The molecule has 35 heavy (non-hydrogen) atoms. The number of halogens is 1. The fourth-order valence-electron chi connectivity index (χ4n) is 3.51. The van der Waals surface area contributed by atoms with Gasteiger partial charge in [0.25, 0.3) is 15.6 Å². The van der Waals surface area contributed by atoms with Gasteiger partial charge in [0.05, 0.1) is 5.69 Å². The van der Waals surface area contributed by atoms with Crippen molar-refractivity contribution in [3.63, 3.8) is 0 Å². The van der Waals surface area contributed by atoms with Crippen LogP contribution < -0.4 is 20.9 Å². The largest absolute Gasteiger partial charge is 0.494 e. The van der Waals surface area contributed by atoms with Crippen LogP contribution in [0.25, 0.3) is 16.5 Å². The normalized spacial score (nSPS) is 11.4. The Morgan fingerprint density at radius 2 is 1.83 bits per heavy atom. The maximum atomic E-state index is 14.9. The van der Waals surface area contributed by atoms with Crippen LogP contribution in [0.1, 0.15) is 11.8 Å². The summed E-state index contributed by atoms with van der Waals surface area (Å²) in [7, 11) is -4.08. The molecule has 4 N–H and O–H groups in total. The molecule has 0 aliphatic carbocycles. The van der Waals surface area contributed by atoms with E-state index in [1.165, 1.54) is 24.3 Å². The number of hydrogen-bond acceptors (Lipinski definition) is 7. The standard InChI is InChI=1S/C23H21FN4O5S2/c1-3-25-15-5-7-17-14(10-15)11-20(29)28(22(17)30)19-8-6-16(12-18(19)24)26-23(31)27-35(32,33)21-9-4-13(2)34-21/h4-12,25,30H,3H2,1-2H3,(H2,26,27,31). The number of sulfonamides is 1. The Balaban J connectivity index is 1.60. The van der Waals surface area contributed by atoms with Gasteiger partial charge in [0.1, 0.15) is 10.0 Å². The van der Waals surface area contributed by atoms with Crippen LogP contribution in [0, 0.1) is 12.7 Å². The van der Waals surface area contributed by atoms with E-state index in [-0.39, 0.29) is 15.6 Å². The van der Waals surface area contributed by atoms with E-state index in [4.69, 9.17) is 0 Å². The van der Waals surface area contributed by atoms with E-state index < -0.39 is 33.3 Å². The average Bonchev–Trinajstić information content (AvgIpc) is 3.22. The highest BCUT2D eigenvalue weighted by molar-refractivity contribution is 7.92. The van der Waals surface area contributed by atoms with Crippen molar-refractivity contribution >= 4 is 49.5 Å². The van der Waals surface area contributed by atoms with E-state index in [1.54, 1.807) is 31.2 Å². The number of rotatable bonds is 6. The highest BCUT2D eigenvalue weighted by Crippen LogP contribution is 2.29. The number of nitrogens with one attached hydrogen (secondary N) is 3. The summed E-state index contributed by atoms with van der Waals surface area (Å²) in [4.78, 5) is 25.6. The minimum Gasteiger partial charge on any atom is -0.494 e. The zero-order valence-corrected chi connectivity index (χ0v) is 20.3. The van der Waals surface area contributed by atoms with Gasteiger partial charge in [0.2, 0.25) is 5.88 Å². The molecule has 4 rings (SSSR count). The molecule has 0 bridgehead atoms. The zero-order valence-electron chi connectivity index (χ0n) is 18.6. The van der Waals surface area contributed by atoms with Crippen LogP contribution in [-0.2, 0) is 10.0 Å². The van der Waals surface area contributed by atoms with Crippen molar-refractivity contribution in [1.29, 1.82) is 0 Å². The summed E-state index contributed by atoms with van der Waals surface area (Å²) >= 11 is 1.00. The zero-order chi connectivity index (χ0) is 25.3. The van der Waals surface area contributed by atoms with Crippen LogP contribution in [0.5, 0.6) is 5.88 Å². The Hall–Kier alpha value is -3.90. The van der Waals surface area contributed by atoms with Crippen LogP contribution in [0.3, 0.4) is 0 Å². The van der Waals surface area contributed by atoms with E-state index in [2.05, 4.69) is 10.6 Å². The van der Waals surface area contributed by atoms with Crippen molar-refractivity contribution in [2.75, 3.05) is 17.2 Å². The van der Waals surface area contributed by atoms with E-state index in [1.807, 2.05) is 11.6 Å². The molecule has 4 aromatic rings. The van der Waals surface area contributed by atoms with Crippen molar-refractivity contribution in [3.8, 4) is 11.6 Å². The van der Waals surface area contributed by atoms with E-state index in [9.17, 15) is 27.5 Å².